The van der Waals surface area contributed by atoms with Gasteiger partial charge in [-0.25, -0.2) is 0 Å². The predicted molar refractivity (Wildman–Crippen MR) is 87.5 cm³/mol. The molecule has 4 atom stereocenters. The van der Waals surface area contributed by atoms with Crippen molar-refractivity contribution in [2.45, 2.75) is 83.5 Å². The van der Waals surface area contributed by atoms with Crippen molar-refractivity contribution in [3.8, 4) is 0 Å². The molecule has 1 heterocycles. The van der Waals surface area contributed by atoms with Crippen molar-refractivity contribution in [1.82, 2.24) is 0 Å². The van der Waals surface area contributed by atoms with Crippen LogP contribution in [-0.4, -0.2) is 37.1 Å². The van der Waals surface area contributed by atoms with Crippen LogP contribution in [0.4, 0.5) is 0 Å². The molecule has 21 heavy (non-hydrogen) atoms. The molecule has 3 heteroatoms. The van der Waals surface area contributed by atoms with E-state index >= 15 is 0 Å². The Morgan fingerprint density at radius 3 is 2.48 bits per heavy atom. The highest BCUT2D eigenvalue weighted by Gasteiger charge is 2.35. The molecule has 0 amide bonds. The molecule has 124 valence electrons. The van der Waals surface area contributed by atoms with E-state index in [1.807, 2.05) is 6.08 Å². The predicted octanol–water partition coefficient (Wildman–Crippen LogP) is 4.09. The highest BCUT2D eigenvalue weighted by molar-refractivity contribution is 4.99. The lowest BCUT2D eigenvalue weighted by Crippen LogP contribution is -2.49. The van der Waals surface area contributed by atoms with Gasteiger partial charge in [-0.05, 0) is 12.8 Å². The third-order valence-electron chi connectivity index (χ3n) is 4.36. The van der Waals surface area contributed by atoms with Gasteiger partial charge in [-0.3, -0.25) is 0 Å². The van der Waals surface area contributed by atoms with Crippen LogP contribution in [0.15, 0.2) is 12.2 Å². The van der Waals surface area contributed by atoms with Gasteiger partial charge in [-0.2, -0.15) is 0 Å². The maximum atomic E-state index is 10.2. The SMILES string of the molecule is CCCCCCCCCC=C[C@@H]1OC[C@H](C)[C@H](OC)[C@H]1O. The maximum absolute atomic E-state index is 10.2. The van der Waals surface area contributed by atoms with Crippen LogP contribution in [-0.2, 0) is 9.47 Å². The fourth-order valence-electron chi connectivity index (χ4n) is 2.97. The van der Waals surface area contributed by atoms with Gasteiger partial charge in [0, 0.05) is 13.0 Å². The molecule has 0 unspecified atom stereocenters. The molecular weight excluding hydrogens is 264 g/mol. The molecule has 1 N–H and O–H groups in total. The van der Waals surface area contributed by atoms with Crippen molar-refractivity contribution < 1.29 is 14.6 Å². The molecule has 3 nitrogen and oxygen atoms in total. The summed E-state index contributed by atoms with van der Waals surface area (Å²) in [6, 6.07) is 0. The molecule has 0 spiro atoms. The van der Waals surface area contributed by atoms with Gasteiger partial charge in [-0.15, -0.1) is 0 Å². The Kier molecular flexibility index (Phi) is 9.98. The van der Waals surface area contributed by atoms with Gasteiger partial charge in [-0.1, -0.05) is 64.5 Å². The quantitative estimate of drug-likeness (QED) is 0.487. The first kappa shape index (κ1) is 18.7. The second-order valence-electron chi connectivity index (χ2n) is 6.30. The van der Waals surface area contributed by atoms with Gasteiger partial charge in [0.05, 0.1) is 12.7 Å². The van der Waals surface area contributed by atoms with Gasteiger partial charge < -0.3 is 14.6 Å². The number of aliphatic hydroxyl groups excluding tert-OH is 1. The van der Waals surface area contributed by atoms with E-state index in [0.29, 0.717) is 6.61 Å². The zero-order chi connectivity index (χ0) is 15.5. The van der Waals surface area contributed by atoms with Crippen molar-refractivity contribution in [3.05, 3.63) is 12.2 Å². The molecule has 1 aliphatic rings. The molecule has 0 aromatic carbocycles. The van der Waals surface area contributed by atoms with E-state index in [1.165, 1.54) is 44.9 Å². The van der Waals surface area contributed by atoms with Crippen molar-refractivity contribution in [2.24, 2.45) is 5.92 Å². The molecule has 1 saturated heterocycles. The second kappa shape index (κ2) is 11.2. The van der Waals surface area contributed by atoms with Crippen LogP contribution < -0.4 is 0 Å². The van der Waals surface area contributed by atoms with Crippen molar-refractivity contribution in [3.63, 3.8) is 0 Å². The highest BCUT2D eigenvalue weighted by Crippen LogP contribution is 2.23. The zero-order valence-electron chi connectivity index (χ0n) is 14.1. The van der Waals surface area contributed by atoms with E-state index in [1.54, 1.807) is 7.11 Å². The number of rotatable bonds is 10. The molecule has 0 bridgehead atoms. The molecule has 0 aliphatic carbocycles. The summed E-state index contributed by atoms with van der Waals surface area (Å²) in [6.45, 7) is 4.96. The third-order valence-corrected chi connectivity index (χ3v) is 4.36. The fraction of sp³-hybridized carbons (Fsp3) is 0.889. The zero-order valence-corrected chi connectivity index (χ0v) is 14.1. The van der Waals surface area contributed by atoms with Crippen LogP contribution >= 0.6 is 0 Å². The number of methoxy groups -OCH3 is 1. The Morgan fingerprint density at radius 1 is 1.14 bits per heavy atom. The number of allylic oxidation sites excluding steroid dienone is 1. The topological polar surface area (TPSA) is 38.7 Å². The number of ether oxygens (including phenoxy) is 2. The molecular formula is C18H34O3. The number of aliphatic hydroxyl groups is 1. The van der Waals surface area contributed by atoms with Crippen LogP contribution in [0.1, 0.15) is 65.2 Å². The average molecular weight is 298 g/mol. The van der Waals surface area contributed by atoms with E-state index in [2.05, 4.69) is 19.9 Å². The summed E-state index contributed by atoms with van der Waals surface area (Å²) in [5.41, 5.74) is 0. The Bertz CT molecular complexity index is 278. The Morgan fingerprint density at radius 2 is 1.81 bits per heavy atom. The summed E-state index contributed by atoms with van der Waals surface area (Å²) in [4.78, 5) is 0. The summed E-state index contributed by atoms with van der Waals surface area (Å²) in [5.74, 6) is 0.248. The lowest BCUT2D eigenvalue weighted by atomic mass is 9.93. The summed E-state index contributed by atoms with van der Waals surface area (Å²) >= 11 is 0. The van der Waals surface area contributed by atoms with E-state index in [-0.39, 0.29) is 18.1 Å². The van der Waals surface area contributed by atoms with Crippen LogP contribution in [0.2, 0.25) is 0 Å². The second-order valence-corrected chi connectivity index (χ2v) is 6.30. The monoisotopic (exact) mass is 298 g/mol. The van der Waals surface area contributed by atoms with Crippen LogP contribution in [0, 0.1) is 5.92 Å². The van der Waals surface area contributed by atoms with Crippen molar-refractivity contribution in [1.29, 1.82) is 0 Å². The molecule has 1 rings (SSSR count). The lowest BCUT2D eigenvalue weighted by Gasteiger charge is -2.36. The summed E-state index contributed by atoms with van der Waals surface area (Å²) in [5, 5.41) is 10.2. The van der Waals surface area contributed by atoms with E-state index < -0.39 is 6.10 Å². The Labute approximate surface area is 130 Å². The van der Waals surface area contributed by atoms with Gasteiger partial charge in [0.15, 0.2) is 0 Å². The Balaban J connectivity index is 2.12. The first-order valence-corrected chi connectivity index (χ1v) is 8.69. The average Bonchev–Trinajstić information content (AvgIpc) is 2.48. The van der Waals surface area contributed by atoms with Crippen molar-refractivity contribution in [2.75, 3.05) is 13.7 Å². The van der Waals surface area contributed by atoms with Gasteiger partial charge in [0.2, 0.25) is 0 Å². The first-order chi connectivity index (χ1) is 10.2. The molecule has 0 radical (unpaired) electrons. The van der Waals surface area contributed by atoms with Crippen LogP contribution in [0.25, 0.3) is 0 Å². The Hall–Kier alpha value is -0.380. The van der Waals surface area contributed by atoms with Crippen molar-refractivity contribution >= 4 is 0 Å². The van der Waals surface area contributed by atoms with Crippen LogP contribution in [0.5, 0.6) is 0 Å². The minimum absolute atomic E-state index is 0.119. The minimum Gasteiger partial charge on any atom is -0.387 e. The summed E-state index contributed by atoms with van der Waals surface area (Å²) < 4.78 is 11.1. The molecule has 1 aliphatic heterocycles. The van der Waals surface area contributed by atoms with Gasteiger partial charge >= 0.3 is 0 Å². The van der Waals surface area contributed by atoms with E-state index in [0.717, 1.165) is 6.42 Å². The number of hydrogen-bond acceptors (Lipinski definition) is 3. The number of unbranched alkanes of at least 4 members (excludes halogenated alkanes) is 7. The number of hydrogen-bond donors (Lipinski definition) is 1. The molecule has 0 saturated carbocycles. The highest BCUT2D eigenvalue weighted by atomic mass is 16.5. The lowest BCUT2D eigenvalue weighted by molar-refractivity contribution is -0.155. The molecule has 1 fully saturated rings. The smallest absolute Gasteiger partial charge is 0.110 e. The third kappa shape index (κ3) is 6.94. The fourth-order valence-corrected chi connectivity index (χ4v) is 2.97. The summed E-state index contributed by atoms with van der Waals surface area (Å²) in [7, 11) is 1.66. The van der Waals surface area contributed by atoms with E-state index in [4.69, 9.17) is 9.47 Å². The van der Waals surface area contributed by atoms with E-state index in [9.17, 15) is 5.11 Å². The standard InChI is InChI=1S/C18H34O3/c1-4-5-6-7-8-9-10-11-12-13-16-17(19)18(20-3)15(2)14-21-16/h12-13,15-19H,4-11,14H2,1-3H3/t15-,16-,17-,18-/m0/s1. The molecule has 0 aromatic rings. The molecule has 0 aromatic heterocycles. The normalized spacial score (nSPS) is 30.1. The van der Waals surface area contributed by atoms with Gasteiger partial charge in [0.1, 0.15) is 12.2 Å². The van der Waals surface area contributed by atoms with Gasteiger partial charge in [0.25, 0.3) is 0 Å². The minimum atomic E-state index is -0.552. The first-order valence-electron chi connectivity index (χ1n) is 8.69. The maximum Gasteiger partial charge on any atom is 0.110 e. The van der Waals surface area contributed by atoms with Crippen LogP contribution in [0.3, 0.4) is 0 Å². The summed E-state index contributed by atoms with van der Waals surface area (Å²) in [6.07, 6.45) is 13.7. The largest absolute Gasteiger partial charge is 0.387 e.